The summed E-state index contributed by atoms with van der Waals surface area (Å²) in [5.74, 6) is -2.65. The number of amides is 3. The molecule has 154 valence electrons. The average molecular weight is 465 g/mol. The van der Waals surface area contributed by atoms with E-state index in [0.717, 1.165) is 11.1 Å². The number of hydrogen-bond acceptors (Lipinski definition) is 6. The van der Waals surface area contributed by atoms with Gasteiger partial charge in [-0.3, -0.25) is 19.3 Å². The van der Waals surface area contributed by atoms with Gasteiger partial charge in [0.25, 0.3) is 11.8 Å². The Morgan fingerprint density at radius 2 is 1.73 bits per heavy atom. The molecule has 8 nitrogen and oxygen atoms in total. The Balaban J connectivity index is 1.60. The van der Waals surface area contributed by atoms with Crippen LogP contribution in [0.1, 0.15) is 0 Å². The largest absolute Gasteiger partial charge is 0.484 e. The summed E-state index contributed by atoms with van der Waals surface area (Å²) in [5.41, 5.74) is 2.64. The smallest absolute Gasteiger partial charge is 0.277 e. The second-order valence-electron chi connectivity index (χ2n) is 5.98. The molecule has 0 unspecified atom stereocenters. The lowest BCUT2D eigenvalue weighted by molar-refractivity contribution is -0.130. The second-order valence-corrected chi connectivity index (χ2v) is 7.24. The van der Waals surface area contributed by atoms with E-state index in [1.807, 2.05) is 0 Å². The van der Waals surface area contributed by atoms with Crippen molar-refractivity contribution in [3.63, 3.8) is 0 Å². The van der Waals surface area contributed by atoms with Crippen molar-refractivity contribution in [2.24, 2.45) is 11.0 Å². The lowest BCUT2D eigenvalue weighted by Crippen LogP contribution is -2.58. The van der Waals surface area contributed by atoms with Gasteiger partial charge >= 0.3 is 0 Å². The van der Waals surface area contributed by atoms with Gasteiger partial charge in [-0.2, -0.15) is 5.10 Å². The third-order valence-electron chi connectivity index (χ3n) is 3.88. The molecule has 1 fully saturated rings. The van der Waals surface area contributed by atoms with Crippen LogP contribution in [-0.4, -0.2) is 35.7 Å². The number of thiocarbonyl (C=S) groups is 1. The van der Waals surface area contributed by atoms with Gasteiger partial charge in [-0.05, 0) is 60.7 Å². The summed E-state index contributed by atoms with van der Waals surface area (Å²) in [5, 5.41) is 7.10. The minimum absolute atomic E-state index is 0.0580. The van der Waals surface area contributed by atoms with Gasteiger partial charge in [0.05, 0.1) is 5.69 Å². The fraction of sp³-hybridized carbons (Fsp3) is 0.105. The number of anilines is 1. The molecule has 0 spiro atoms. The number of rotatable bonds is 6. The number of ether oxygens (including phenoxy) is 1. The minimum atomic E-state index is -1.27. The fourth-order valence-corrected chi connectivity index (χ4v) is 3.00. The molecule has 0 bridgehead atoms. The first-order chi connectivity index (χ1) is 14.3. The van der Waals surface area contributed by atoms with E-state index in [9.17, 15) is 14.4 Å². The summed E-state index contributed by atoms with van der Waals surface area (Å²) < 4.78 is 5.28. The molecule has 2 aromatic rings. The number of nitrogens with one attached hydrogen (secondary N) is 2. The first-order valence-electron chi connectivity index (χ1n) is 8.50. The number of halogens is 2. The molecule has 11 heteroatoms. The van der Waals surface area contributed by atoms with Crippen molar-refractivity contribution < 1.29 is 19.1 Å². The molecule has 2 aromatic carbocycles. The predicted octanol–water partition coefficient (Wildman–Crippen LogP) is 2.54. The van der Waals surface area contributed by atoms with E-state index < -0.39 is 23.6 Å². The van der Waals surface area contributed by atoms with E-state index in [-0.39, 0.29) is 11.7 Å². The third kappa shape index (κ3) is 5.32. The van der Waals surface area contributed by atoms with E-state index in [1.165, 1.54) is 0 Å². The zero-order chi connectivity index (χ0) is 21.7. The zero-order valence-electron chi connectivity index (χ0n) is 15.2. The van der Waals surface area contributed by atoms with Crippen molar-refractivity contribution in [1.29, 1.82) is 0 Å². The highest BCUT2D eigenvalue weighted by Gasteiger charge is 2.38. The van der Waals surface area contributed by atoms with Gasteiger partial charge in [0, 0.05) is 16.3 Å². The predicted molar refractivity (Wildman–Crippen MR) is 117 cm³/mol. The summed E-state index contributed by atoms with van der Waals surface area (Å²) in [7, 11) is 0. The third-order valence-corrected chi connectivity index (χ3v) is 4.67. The Morgan fingerprint density at radius 1 is 1.13 bits per heavy atom. The Morgan fingerprint density at radius 3 is 2.37 bits per heavy atom. The standard InChI is InChI=1S/C19H14Cl2N4O4S/c20-11-1-5-13(6-2-11)25-18(28)15(17(27)23-19(25)30)9-22-24-16(26)10-29-14-7-3-12(21)4-8-14/h1-9,15H,10H2,(H,24,26)(H,23,27,30)/b22-9-/t15-/m0/s1. The van der Waals surface area contributed by atoms with Gasteiger partial charge in [0.15, 0.2) is 17.6 Å². The molecule has 0 aliphatic carbocycles. The van der Waals surface area contributed by atoms with Crippen LogP contribution >= 0.6 is 35.4 Å². The molecule has 0 saturated carbocycles. The van der Waals surface area contributed by atoms with Gasteiger partial charge in [-0.25, -0.2) is 5.43 Å². The van der Waals surface area contributed by atoms with Crippen LogP contribution in [0, 0.1) is 5.92 Å². The van der Waals surface area contributed by atoms with Crippen LogP contribution < -0.4 is 20.4 Å². The molecule has 0 aromatic heterocycles. The van der Waals surface area contributed by atoms with Crippen molar-refractivity contribution in [3.05, 3.63) is 58.6 Å². The Bertz CT molecular complexity index is 1010. The Labute approximate surface area is 186 Å². The highest BCUT2D eigenvalue weighted by atomic mass is 35.5. The van der Waals surface area contributed by atoms with Gasteiger partial charge in [-0.15, -0.1) is 0 Å². The van der Waals surface area contributed by atoms with Gasteiger partial charge < -0.3 is 10.1 Å². The number of carbonyl (C=O) groups is 3. The molecule has 0 radical (unpaired) electrons. The summed E-state index contributed by atoms with van der Waals surface area (Å²) >= 11 is 16.7. The molecule has 1 saturated heterocycles. The second kappa shape index (κ2) is 9.66. The molecule has 30 heavy (non-hydrogen) atoms. The van der Waals surface area contributed by atoms with E-state index in [0.29, 0.717) is 21.5 Å². The Kier molecular flexibility index (Phi) is 6.99. The maximum Gasteiger partial charge on any atom is 0.277 e. The first kappa shape index (κ1) is 21.7. The van der Waals surface area contributed by atoms with Crippen molar-refractivity contribution in [2.75, 3.05) is 11.5 Å². The summed E-state index contributed by atoms with van der Waals surface area (Å²) in [6.07, 6.45) is 1.03. The van der Waals surface area contributed by atoms with Gasteiger partial charge in [0.1, 0.15) is 5.75 Å². The molecular formula is C19H14Cl2N4O4S. The molecule has 1 heterocycles. The van der Waals surface area contributed by atoms with Crippen LogP contribution in [0.2, 0.25) is 10.0 Å². The van der Waals surface area contributed by atoms with Crippen LogP contribution in [0.25, 0.3) is 0 Å². The number of benzene rings is 2. The summed E-state index contributed by atoms with van der Waals surface area (Å²) in [6, 6.07) is 12.8. The number of hydrogen-bond donors (Lipinski definition) is 2. The summed E-state index contributed by atoms with van der Waals surface area (Å²) in [4.78, 5) is 37.9. The minimum Gasteiger partial charge on any atom is -0.484 e. The quantitative estimate of drug-likeness (QED) is 0.296. The van der Waals surface area contributed by atoms with Crippen molar-refractivity contribution >= 4 is 70.2 Å². The van der Waals surface area contributed by atoms with Crippen LogP contribution in [0.15, 0.2) is 53.6 Å². The topological polar surface area (TPSA) is 100 Å². The van der Waals surface area contributed by atoms with E-state index >= 15 is 0 Å². The van der Waals surface area contributed by atoms with Crippen LogP contribution in [-0.2, 0) is 14.4 Å². The van der Waals surface area contributed by atoms with E-state index in [1.54, 1.807) is 48.5 Å². The maximum absolute atomic E-state index is 12.8. The van der Waals surface area contributed by atoms with E-state index in [4.69, 9.17) is 40.2 Å². The monoisotopic (exact) mass is 464 g/mol. The lowest BCUT2D eigenvalue weighted by atomic mass is 10.1. The number of carbonyl (C=O) groups excluding carboxylic acids is 3. The fourth-order valence-electron chi connectivity index (χ4n) is 2.45. The molecule has 3 amide bonds. The number of nitrogens with zero attached hydrogens (tertiary/aromatic N) is 2. The molecule has 1 atom stereocenters. The maximum atomic E-state index is 12.8. The summed E-state index contributed by atoms with van der Waals surface area (Å²) in [6.45, 7) is -0.315. The lowest BCUT2D eigenvalue weighted by Gasteiger charge is -2.30. The molecular weight excluding hydrogens is 451 g/mol. The average Bonchev–Trinajstić information content (AvgIpc) is 2.71. The molecule has 3 rings (SSSR count). The highest BCUT2D eigenvalue weighted by Crippen LogP contribution is 2.22. The SMILES string of the molecule is O=C(COc1ccc(Cl)cc1)N/N=C\[C@H]1C(=O)NC(=S)N(c2ccc(Cl)cc2)C1=O. The molecule has 1 aliphatic rings. The van der Waals surface area contributed by atoms with Crippen LogP contribution in [0.3, 0.4) is 0 Å². The zero-order valence-corrected chi connectivity index (χ0v) is 17.5. The van der Waals surface area contributed by atoms with Crippen molar-refractivity contribution in [3.8, 4) is 5.75 Å². The van der Waals surface area contributed by atoms with Crippen LogP contribution in [0.5, 0.6) is 5.75 Å². The van der Waals surface area contributed by atoms with Crippen molar-refractivity contribution in [2.45, 2.75) is 0 Å². The van der Waals surface area contributed by atoms with E-state index in [2.05, 4.69) is 15.8 Å². The van der Waals surface area contributed by atoms with Gasteiger partial charge in [-0.1, -0.05) is 23.2 Å². The van der Waals surface area contributed by atoms with Gasteiger partial charge in [0.2, 0.25) is 5.91 Å². The number of hydrazone groups is 1. The normalized spacial score (nSPS) is 16.5. The highest BCUT2D eigenvalue weighted by molar-refractivity contribution is 7.80. The van der Waals surface area contributed by atoms with Crippen LogP contribution in [0.4, 0.5) is 5.69 Å². The Hall–Kier alpha value is -3.01. The van der Waals surface area contributed by atoms with Crippen molar-refractivity contribution in [1.82, 2.24) is 10.7 Å². The first-order valence-corrected chi connectivity index (χ1v) is 9.66. The molecule has 2 N–H and O–H groups in total. The molecule has 1 aliphatic heterocycles.